The molecule has 2 N–H and O–H groups in total. The standard InChI is InChI=1S/C20H28N4O2/c1-23-19(25)16-7-8-17(15-9-11-21-12-10-15)22-18(16)24(20(23)26)13-14-5-3-2-4-6-14/h2-6,15-18,21-22H,7-13H2,1H3. The van der Waals surface area contributed by atoms with Crippen LogP contribution in [0.25, 0.3) is 0 Å². The van der Waals surface area contributed by atoms with Crippen LogP contribution in [0.15, 0.2) is 30.3 Å². The third-order valence-electron chi connectivity index (χ3n) is 6.22. The minimum atomic E-state index is -0.196. The molecule has 0 spiro atoms. The van der Waals surface area contributed by atoms with Crippen molar-refractivity contribution in [2.75, 3.05) is 20.1 Å². The monoisotopic (exact) mass is 356 g/mol. The number of nitrogens with zero attached hydrogens (tertiary/aromatic N) is 2. The second kappa shape index (κ2) is 7.37. The number of hydrogen-bond donors (Lipinski definition) is 2. The van der Waals surface area contributed by atoms with Gasteiger partial charge in [-0.1, -0.05) is 30.3 Å². The average molecular weight is 356 g/mol. The van der Waals surface area contributed by atoms with Crippen LogP contribution in [0.1, 0.15) is 31.2 Å². The van der Waals surface area contributed by atoms with Gasteiger partial charge in [-0.05, 0) is 50.3 Å². The van der Waals surface area contributed by atoms with Crippen molar-refractivity contribution in [3.05, 3.63) is 35.9 Å². The maximum Gasteiger partial charge on any atom is 0.328 e. The summed E-state index contributed by atoms with van der Waals surface area (Å²) in [5.74, 6) is 0.445. The number of rotatable bonds is 3. The molecule has 1 aromatic carbocycles. The van der Waals surface area contributed by atoms with Crippen molar-refractivity contribution < 1.29 is 9.59 Å². The van der Waals surface area contributed by atoms with Crippen molar-refractivity contribution in [1.82, 2.24) is 20.4 Å². The predicted octanol–water partition coefficient (Wildman–Crippen LogP) is 1.77. The fourth-order valence-electron chi connectivity index (χ4n) is 4.72. The van der Waals surface area contributed by atoms with Gasteiger partial charge >= 0.3 is 6.03 Å². The normalized spacial score (nSPS) is 30.4. The summed E-state index contributed by atoms with van der Waals surface area (Å²) in [6.07, 6.45) is 4.00. The molecule has 3 saturated heterocycles. The number of fused-ring (bicyclic) bond motifs is 1. The quantitative estimate of drug-likeness (QED) is 0.866. The lowest BCUT2D eigenvalue weighted by molar-refractivity contribution is -0.141. The van der Waals surface area contributed by atoms with Crippen molar-refractivity contribution in [2.24, 2.45) is 11.8 Å². The largest absolute Gasteiger partial charge is 0.328 e. The van der Waals surface area contributed by atoms with Crippen molar-refractivity contribution in [3.8, 4) is 0 Å². The number of imide groups is 1. The highest BCUT2D eigenvalue weighted by molar-refractivity contribution is 5.98. The highest BCUT2D eigenvalue weighted by Crippen LogP contribution is 2.33. The van der Waals surface area contributed by atoms with Crippen LogP contribution in [-0.2, 0) is 11.3 Å². The van der Waals surface area contributed by atoms with E-state index < -0.39 is 0 Å². The molecule has 1 aromatic rings. The molecule has 0 aliphatic carbocycles. The second-order valence-corrected chi connectivity index (χ2v) is 7.78. The number of hydrogen-bond acceptors (Lipinski definition) is 4. The molecular formula is C20H28N4O2. The molecule has 0 radical (unpaired) electrons. The first kappa shape index (κ1) is 17.5. The molecule has 3 aliphatic rings. The highest BCUT2D eigenvalue weighted by atomic mass is 16.2. The van der Waals surface area contributed by atoms with Crippen LogP contribution in [-0.4, -0.2) is 54.1 Å². The van der Waals surface area contributed by atoms with Gasteiger partial charge in [-0.2, -0.15) is 0 Å². The second-order valence-electron chi connectivity index (χ2n) is 7.78. The molecule has 0 aromatic heterocycles. The van der Waals surface area contributed by atoms with Crippen molar-refractivity contribution in [3.63, 3.8) is 0 Å². The number of carbonyl (C=O) groups is 2. The molecule has 26 heavy (non-hydrogen) atoms. The van der Waals surface area contributed by atoms with Gasteiger partial charge in [0.15, 0.2) is 0 Å². The zero-order chi connectivity index (χ0) is 18.1. The first-order chi connectivity index (χ1) is 12.6. The Labute approximate surface area is 154 Å². The van der Waals surface area contributed by atoms with Gasteiger partial charge in [0.25, 0.3) is 0 Å². The molecule has 3 heterocycles. The minimum absolute atomic E-state index is 0.0411. The van der Waals surface area contributed by atoms with Gasteiger partial charge in [-0.15, -0.1) is 0 Å². The highest BCUT2D eigenvalue weighted by Gasteiger charge is 2.48. The summed E-state index contributed by atoms with van der Waals surface area (Å²) < 4.78 is 0. The summed E-state index contributed by atoms with van der Waals surface area (Å²) >= 11 is 0. The van der Waals surface area contributed by atoms with Crippen LogP contribution in [0.3, 0.4) is 0 Å². The fraction of sp³-hybridized carbons (Fsp3) is 0.600. The van der Waals surface area contributed by atoms with E-state index in [1.165, 1.54) is 4.90 Å². The van der Waals surface area contributed by atoms with Gasteiger partial charge in [0.05, 0.1) is 12.1 Å². The molecule has 0 bridgehead atoms. The molecule has 3 aliphatic heterocycles. The molecule has 3 amide bonds. The molecule has 3 atom stereocenters. The Morgan fingerprint density at radius 2 is 1.77 bits per heavy atom. The van der Waals surface area contributed by atoms with E-state index in [1.807, 2.05) is 35.2 Å². The number of piperidine rings is 2. The Bertz CT molecular complexity index is 659. The van der Waals surface area contributed by atoms with Crippen molar-refractivity contribution >= 4 is 11.9 Å². The van der Waals surface area contributed by atoms with Crippen LogP contribution in [0.4, 0.5) is 4.79 Å². The first-order valence-electron chi connectivity index (χ1n) is 9.74. The van der Waals surface area contributed by atoms with Gasteiger partial charge in [0.1, 0.15) is 0 Å². The van der Waals surface area contributed by atoms with Gasteiger partial charge in [-0.3, -0.25) is 15.0 Å². The Kier molecular flexibility index (Phi) is 4.96. The Morgan fingerprint density at radius 1 is 1.04 bits per heavy atom. The van der Waals surface area contributed by atoms with Crippen LogP contribution >= 0.6 is 0 Å². The summed E-state index contributed by atoms with van der Waals surface area (Å²) in [5.41, 5.74) is 1.09. The smallest absolute Gasteiger partial charge is 0.317 e. The molecule has 6 heteroatoms. The summed E-state index contributed by atoms with van der Waals surface area (Å²) in [5, 5.41) is 7.13. The van der Waals surface area contributed by atoms with E-state index in [0.717, 1.165) is 44.3 Å². The van der Waals surface area contributed by atoms with Gasteiger partial charge < -0.3 is 10.2 Å². The Morgan fingerprint density at radius 3 is 2.50 bits per heavy atom. The van der Waals surface area contributed by atoms with E-state index in [4.69, 9.17) is 0 Å². The molecule has 0 saturated carbocycles. The first-order valence-corrected chi connectivity index (χ1v) is 9.74. The summed E-state index contributed by atoms with van der Waals surface area (Å²) in [6, 6.07) is 10.2. The van der Waals surface area contributed by atoms with Gasteiger partial charge in [0.2, 0.25) is 5.91 Å². The lowest BCUT2D eigenvalue weighted by atomic mass is 9.80. The van der Waals surface area contributed by atoms with E-state index in [0.29, 0.717) is 18.5 Å². The van der Waals surface area contributed by atoms with E-state index in [-0.39, 0.29) is 24.0 Å². The van der Waals surface area contributed by atoms with E-state index in [2.05, 4.69) is 10.6 Å². The molecule has 4 rings (SSSR count). The van der Waals surface area contributed by atoms with E-state index in [9.17, 15) is 9.59 Å². The molecule has 140 valence electrons. The molecule has 3 unspecified atom stereocenters. The minimum Gasteiger partial charge on any atom is -0.317 e. The number of benzene rings is 1. The van der Waals surface area contributed by atoms with Crippen LogP contribution < -0.4 is 10.6 Å². The molecular weight excluding hydrogens is 328 g/mol. The molecule has 3 fully saturated rings. The maximum atomic E-state index is 12.9. The number of amides is 3. The lowest BCUT2D eigenvalue weighted by Crippen LogP contribution is -2.68. The van der Waals surface area contributed by atoms with Crippen LogP contribution in [0.5, 0.6) is 0 Å². The van der Waals surface area contributed by atoms with Gasteiger partial charge in [-0.25, -0.2) is 4.79 Å². The van der Waals surface area contributed by atoms with Crippen molar-refractivity contribution in [2.45, 2.75) is 44.4 Å². The number of carbonyl (C=O) groups excluding carboxylic acids is 2. The fourth-order valence-corrected chi connectivity index (χ4v) is 4.72. The van der Waals surface area contributed by atoms with Crippen LogP contribution in [0.2, 0.25) is 0 Å². The zero-order valence-corrected chi connectivity index (χ0v) is 15.4. The predicted molar refractivity (Wildman–Crippen MR) is 99.2 cm³/mol. The number of urea groups is 1. The topological polar surface area (TPSA) is 64.7 Å². The van der Waals surface area contributed by atoms with Crippen LogP contribution in [0, 0.1) is 11.8 Å². The van der Waals surface area contributed by atoms with Crippen molar-refractivity contribution in [1.29, 1.82) is 0 Å². The van der Waals surface area contributed by atoms with E-state index in [1.54, 1.807) is 7.05 Å². The zero-order valence-electron chi connectivity index (χ0n) is 15.4. The van der Waals surface area contributed by atoms with Gasteiger partial charge in [0, 0.05) is 19.6 Å². The molecule has 6 nitrogen and oxygen atoms in total. The summed E-state index contributed by atoms with van der Waals surface area (Å²) in [6.45, 7) is 2.65. The van der Waals surface area contributed by atoms with E-state index >= 15 is 0 Å². The lowest BCUT2D eigenvalue weighted by Gasteiger charge is -2.49. The summed E-state index contributed by atoms with van der Waals surface area (Å²) in [4.78, 5) is 28.7. The summed E-state index contributed by atoms with van der Waals surface area (Å²) in [7, 11) is 1.61. The average Bonchev–Trinajstić information content (AvgIpc) is 2.70. The third kappa shape index (κ3) is 3.23. The SMILES string of the molecule is CN1C(=O)C2CCC(C3CCNCC3)NC2N(Cc2ccccc2)C1=O. The third-order valence-corrected chi connectivity index (χ3v) is 6.22. The maximum absolute atomic E-state index is 12.9. The Balaban J connectivity index is 1.56. The Hall–Kier alpha value is -1.92. The number of nitrogens with one attached hydrogen (secondary N) is 2.